The van der Waals surface area contributed by atoms with E-state index in [1.807, 2.05) is 17.0 Å². The van der Waals surface area contributed by atoms with Crippen molar-refractivity contribution in [3.05, 3.63) is 54.4 Å². The van der Waals surface area contributed by atoms with E-state index in [2.05, 4.69) is 10.3 Å². The fraction of sp³-hybridized carbons (Fsp3) is 0.294. The third-order valence-electron chi connectivity index (χ3n) is 3.66. The zero-order chi connectivity index (χ0) is 17.6. The third kappa shape index (κ3) is 4.83. The minimum atomic E-state index is -0.608. The van der Waals surface area contributed by atoms with Crippen LogP contribution in [0.3, 0.4) is 0 Å². The molecule has 3 rings (SSSR count). The molecule has 25 heavy (non-hydrogen) atoms. The smallest absolute Gasteiger partial charge is 0.173 e. The fourth-order valence-electron chi connectivity index (χ4n) is 2.41. The highest BCUT2D eigenvalue weighted by Crippen LogP contribution is 2.19. The minimum absolute atomic E-state index is 0.104. The summed E-state index contributed by atoms with van der Waals surface area (Å²) in [6.45, 7) is 1.70. The summed E-state index contributed by atoms with van der Waals surface area (Å²) < 4.78 is 37.7. The average Bonchev–Trinajstić information content (AvgIpc) is 2.63. The number of pyridine rings is 1. The molecule has 0 bridgehead atoms. The number of hydrogen-bond donors (Lipinski definition) is 1. The summed E-state index contributed by atoms with van der Waals surface area (Å²) in [4.78, 5) is 5.97. The van der Waals surface area contributed by atoms with E-state index in [9.17, 15) is 8.78 Å². The second-order valence-corrected chi connectivity index (χ2v) is 5.88. The Hall–Kier alpha value is -2.32. The van der Waals surface area contributed by atoms with E-state index in [4.69, 9.17) is 21.7 Å². The number of aromatic nitrogens is 1. The van der Waals surface area contributed by atoms with Crippen molar-refractivity contribution < 1.29 is 18.3 Å². The molecule has 0 aliphatic carbocycles. The summed E-state index contributed by atoms with van der Waals surface area (Å²) in [6, 6.07) is 6.78. The van der Waals surface area contributed by atoms with E-state index in [-0.39, 0.29) is 18.5 Å². The van der Waals surface area contributed by atoms with Crippen molar-refractivity contribution in [3.63, 3.8) is 0 Å². The molecule has 1 aromatic carbocycles. The molecule has 1 fully saturated rings. The van der Waals surface area contributed by atoms with E-state index in [0.717, 1.165) is 23.9 Å². The molecule has 0 spiro atoms. The second-order valence-electron chi connectivity index (χ2n) is 5.50. The van der Waals surface area contributed by atoms with Gasteiger partial charge >= 0.3 is 0 Å². The van der Waals surface area contributed by atoms with Gasteiger partial charge < -0.3 is 19.7 Å². The van der Waals surface area contributed by atoms with Crippen LogP contribution in [0.5, 0.6) is 5.75 Å². The van der Waals surface area contributed by atoms with E-state index in [0.29, 0.717) is 24.8 Å². The van der Waals surface area contributed by atoms with Crippen LogP contribution in [0.2, 0.25) is 0 Å². The Morgan fingerprint density at radius 1 is 1.40 bits per heavy atom. The highest BCUT2D eigenvalue weighted by atomic mass is 32.1. The van der Waals surface area contributed by atoms with Gasteiger partial charge in [-0.3, -0.25) is 4.98 Å². The summed E-state index contributed by atoms with van der Waals surface area (Å²) in [7, 11) is 0. The lowest BCUT2D eigenvalue weighted by Crippen LogP contribution is -2.49. The highest BCUT2D eigenvalue weighted by Gasteiger charge is 2.23. The second kappa shape index (κ2) is 8.17. The summed E-state index contributed by atoms with van der Waals surface area (Å²) in [6.07, 6.45) is 3.06. The van der Waals surface area contributed by atoms with Crippen molar-refractivity contribution in [1.82, 2.24) is 9.88 Å². The standard InChI is InChI=1S/C17H17F2N3O2S/c18-12-3-4-15(19)16(8-12)24-11-14-10-22(6-7-23-14)17(25)21-13-2-1-5-20-9-13/h1-5,8-9,14H,6-7,10-11H2,(H,21,25). The van der Waals surface area contributed by atoms with Gasteiger partial charge in [0.05, 0.1) is 18.5 Å². The number of halogens is 2. The topological polar surface area (TPSA) is 46.6 Å². The summed E-state index contributed by atoms with van der Waals surface area (Å²) in [5.74, 6) is -1.29. The van der Waals surface area contributed by atoms with E-state index >= 15 is 0 Å². The number of morpholine rings is 1. The van der Waals surface area contributed by atoms with Crippen molar-refractivity contribution in [2.24, 2.45) is 0 Å². The van der Waals surface area contributed by atoms with Crippen LogP contribution in [0.25, 0.3) is 0 Å². The lowest BCUT2D eigenvalue weighted by atomic mass is 10.3. The van der Waals surface area contributed by atoms with E-state index in [1.165, 1.54) is 0 Å². The first kappa shape index (κ1) is 17.5. The fourth-order valence-corrected chi connectivity index (χ4v) is 2.70. The molecule has 1 saturated heterocycles. The summed E-state index contributed by atoms with van der Waals surface area (Å²) >= 11 is 5.41. The largest absolute Gasteiger partial charge is 0.488 e. The molecule has 1 aliphatic heterocycles. The Bertz CT molecular complexity index is 733. The predicted octanol–water partition coefficient (Wildman–Crippen LogP) is 2.84. The van der Waals surface area contributed by atoms with Crippen LogP contribution in [0.15, 0.2) is 42.7 Å². The molecule has 1 N–H and O–H groups in total. The Kier molecular flexibility index (Phi) is 5.72. The van der Waals surface area contributed by atoms with E-state index in [1.54, 1.807) is 12.4 Å². The van der Waals surface area contributed by atoms with Crippen molar-refractivity contribution in [3.8, 4) is 5.75 Å². The molecule has 1 aromatic heterocycles. The molecule has 2 aromatic rings. The van der Waals surface area contributed by atoms with Crippen LogP contribution in [0, 0.1) is 11.6 Å². The molecule has 1 aliphatic rings. The molecule has 0 radical (unpaired) electrons. The minimum Gasteiger partial charge on any atom is -0.488 e. The summed E-state index contributed by atoms with van der Waals surface area (Å²) in [5, 5.41) is 3.67. The lowest BCUT2D eigenvalue weighted by Gasteiger charge is -2.34. The number of ether oxygens (including phenoxy) is 2. The molecule has 1 atom stereocenters. The molecule has 0 saturated carbocycles. The monoisotopic (exact) mass is 365 g/mol. The van der Waals surface area contributed by atoms with E-state index < -0.39 is 11.6 Å². The Labute approximate surface area is 149 Å². The predicted molar refractivity (Wildman–Crippen MR) is 93.6 cm³/mol. The summed E-state index contributed by atoms with van der Waals surface area (Å²) in [5.41, 5.74) is 0.800. The molecular weight excluding hydrogens is 348 g/mol. The first-order valence-corrected chi connectivity index (χ1v) is 8.18. The molecule has 2 heterocycles. The molecular formula is C17H17F2N3O2S. The van der Waals surface area contributed by atoms with Crippen LogP contribution < -0.4 is 10.1 Å². The molecule has 5 nitrogen and oxygen atoms in total. The van der Waals surface area contributed by atoms with Crippen LogP contribution >= 0.6 is 12.2 Å². The number of hydrogen-bond acceptors (Lipinski definition) is 4. The van der Waals surface area contributed by atoms with Gasteiger partial charge in [0.25, 0.3) is 0 Å². The van der Waals surface area contributed by atoms with Crippen molar-refractivity contribution in [2.45, 2.75) is 6.10 Å². The molecule has 8 heteroatoms. The first-order valence-electron chi connectivity index (χ1n) is 7.77. The van der Waals surface area contributed by atoms with Gasteiger partial charge in [-0.2, -0.15) is 0 Å². The van der Waals surface area contributed by atoms with Gasteiger partial charge in [0, 0.05) is 25.4 Å². The average molecular weight is 365 g/mol. The van der Waals surface area contributed by atoms with Gasteiger partial charge in [0.15, 0.2) is 16.7 Å². The Morgan fingerprint density at radius 2 is 2.28 bits per heavy atom. The van der Waals surface area contributed by atoms with Gasteiger partial charge in [-0.05, 0) is 36.5 Å². The van der Waals surface area contributed by atoms with Gasteiger partial charge in [-0.1, -0.05) is 0 Å². The number of nitrogens with one attached hydrogen (secondary N) is 1. The quantitative estimate of drug-likeness (QED) is 0.841. The Morgan fingerprint density at radius 3 is 3.08 bits per heavy atom. The van der Waals surface area contributed by atoms with Crippen LogP contribution in [-0.4, -0.2) is 47.4 Å². The van der Waals surface area contributed by atoms with Crippen LogP contribution in [0.4, 0.5) is 14.5 Å². The van der Waals surface area contributed by atoms with Crippen LogP contribution in [-0.2, 0) is 4.74 Å². The van der Waals surface area contributed by atoms with Crippen molar-refractivity contribution >= 4 is 23.0 Å². The maximum Gasteiger partial charge on any atom is 0.173 e. The SMILES string of the molecule is Fc1ccc(F)c(OCC2CN(C(=S)Nc3cccnc3)CCO2)c1. The lowest BCUT2D eigenvalue weighted by molar-refractivity contribution is -0.0286. The van der Waals surface area contributed by atoms with Gasteiger partial charge in [0.2, 0.25) is 0 Å². The van der Waals surface area contributed by atoms with Crippen LogP contribution in [0.1, 0.15) is 0 Å². The number of thiocarbonyl (C=S) groups is 1. The molecule has 1 unspecified atom stereocenters. The maximum atomic E-state index is 13.6. The number of nitrogens with zero attached hydrogens (tertiary/aromatic N) is 2. The maximum absolute atomic E-state index is 13.6. The Balaban J connectivity index is 1.54. The highest BCUT2D eigenvalue weighted by molar-refractivity contribution is 7.80. The third-order valence-corrected chi connectivity index (χ3v) is 4.02. The van der Waals surface area contributed by atoms with Gasteiger partial charge in [-0.25, -0.2) is 8.78 Å². The van der Waals surface area contributed by atoms with Crippen molar-refractivity contribution in [2.75, 3.05) is 31.6 Å². The first-order chi connectivity index (χ1) is 12.1. The number of anilines is 1. The number of benzene rings is 1. The van der Waals surface area contributed by atoms with Gasteiger partial charge in [0.1, 0.15) is 18.5 Å². The zero-order valence-corrected chi connectivity index (χ0v) is 14.1. The normalized spacial score (nSPS) is 17.2. The van der Waals surface area contributed by atoms with Gasteiger partial charge in [-0.15, -0.1) is 0 Å². The molecule has 0 amide bonds. The molecule has 132 valence electrons. The van der Waals surface area contributed by atoms with Crippen molar-refractivity contribution in [1.29, 1.82) is 0 Å². The number of rotatable bonds is 4. The zero-order valence-electron chi connectivity index (χ0n) is 13.3.